The van der Waals surface area contributed by atoms with Gasteiger partial charge in [0.15, 0.2) is 11.2 Å². The van der Waals surface area contributed by atoms with E-state index in [0.29, 0.717) is 30.7 Å². The van der Waals surface area contributed by atoms with Gasteiger partial charge in [0.25, 0.3) is 5.56 Å². The van der Waals surface area contributed by atoms with E-state index in [4.69, 9.17) is 9.72 Å². The lowest BCUT2D eigenvalue weighted by atomic mass is 10.1. The van der Waals surface area contributed by atoms with Gasteiger partial charge >= 0.3 is 6.01 Å². The van der Waals surface area contributed by atoms with Crippen LogP contribution >= 0.6 is 12.4 Å². The Labute approximate surface area is 187 Å². The monoisotopic (exact) mass is 442 g/mol. The number of ether oxygens (including phenoxy) is 1. The Morgan fingerprint density at radius 3 is 2.55 bits per heavy atom. The summed E-state index contributed by atoms with van der Waals surface area (Å²) in [7, 11) is 1.53. The number of anilines is 1. The number of aryl methyl sites for hydroxylation is 1. The van der Waals surface area contributed by atoms with Crippen LogP contribution in [0.3, 0.4) is 0 Å². The van der Waals surface area contributed by atoms with Crippen LogP contribution in [0.1, 0.15) is 12.5 Å². The molecule has 0 radical (unpaired) electrons. The zero-order valence-electron chi connectivity index (χ0n) is 17.8. The molecule has 0 atom stereocenters. The molecule has 0 saturated carbocycles. The first-order valence-electron chi connectivity index (χ1n) is 10.2. The third-order valence-electron chi connectivity index (χ3n) is 5.27. The maximum Gasteiger partial charge on any atom is 0.301 e. The number of piperazine rings is 1. The molecule has 31 heavy (non-hydrogen) atoms. The maximum absolute atomic E-state index is 13.5. The van der Waals surface area contributed by atoms with Gasteiger partial charge in [0, 0.05) is 32.7 Å². The van der Waals surface area contributed by atoms with Gasteiger partial charge < -0.3 is 15.0 Å². The molecule has 0 bridgehead atoms. The number of nitrogens with one attached hydrogen (secondary N) is 1. The molecule has 1 aliphatic rings. The van der Waals surface area contributed by atoms with Crippen molar-refractivity contribution in [3.63, 3.8) is 0 Å². The van der Waals surface area contributed by atoms with Gasteiger partial charge in [0.05, 0.1) is 13.7 Å². The number of hydrogen-bond acceptors (Lipinski definition) is 6. The van der Waals surface area contributed by atoms with Gasteiger partial charge in [-0.1, -0.05) is 36.3 Å². The SMILES string of the molecule is CC#CCn1c(N2CCNCC2)nc2nc(OC)n(CCc3ccccc3)c(=O)c21.Cl. The summed E-state index contributed by atoms with van der Waals surface area (Å²) in [5.41, 5.74) is 1.87. The van der Waals surface area contributed by atoms with Crippen LogP contribution in [0.25, 0.3) is 11.2 Å². The number of nitrogens with zero attached hydrogens (tertiary/aromatic N) is 5. The van der Waals surface area contributed by atoms with Gasteiger partial charge in [-0.3, -0.25) is 13.9 Å². The van der Waals surface area contributed by atoms with Crippen LogP contribution in [0, 0.1) is 11.8 Å². The lowest BCUT2D eigenvalue weighted by Crippen LogP contribution is -2.44. The highest BCUT2D eigenvalue weighted by Gasteiger charge is 2.23. The van der Waals surface area contributed by atoms with Crippen molar-refractivity contribution in [2.24, 2.45) is 0 Å². The van der Waals surface area contributed by atoms with Crippen molar-refractivity contribution >= 4 is 29.5 Å². The summed E-state index contributed by atoms with van der Waals surface area (Å²) in [5.74, 6) is 6.74. The molecule has 1 aliphatic heterocycles. The molecule has 2 aromatic heterocycles. The average Bonchev–Trinajstić information content (AvgIpc) is 3.16. The third-order valence-corrected chi connectivity index (χ3v) is 5.27. The highest BCUT2D eigenvalue weighted by atomic mass is 35.5. The fraction of sp³-hybridized carbons (Fsp3) is 0.409. The lowest BCUT2D eigenvalue weighted by Gasteiger charge is -2.28. The Kier molecular flexibility index (Phi) is 7.55. The van der Waals surface area contributed by atoms with Crippen LogP contribution in [0.15, 0.2) is 35.1 Å². The van der Waals surface area contributed by atoms with E-state index in [1.54, 1.807) is 11.5 Å². The van der Waals surface area contributed by atoms with E-state index in [0.717, 1.165) is 37.7 Å². The Bertz CT molecular complexity index is 1140. The summed E-state index contributed by atoms with van der Waals surface area (Å²) < 4.78 is 8.93. The topological polar surface area (TPSA) is 77.2 Å². The molecule has 1 N–H and O–H groups in total. The predicted molar refractivity (Wildman–Crippen MR) is 124 cm³/mol. The molecular weight excluding hydrogens is 416 g/mol. The molecule has 0 spiro atoms. The normalized spacial score (nSPS) is 13.4. The minimum atomic E-state index is -0.153. The number of aromatic nitrogens is 4. The van der Waals surface area contributed by atoms with Gasteiger partial charge in [0.1, 0.15) is 0 Å². The number of halogens is 1. The zero-order chi connectivity index (χ0) is 20.9. The van der Waals surface area contributed by atoms with Crippen molar-refractivity contribution in [2.45, 2.75) is 26.4 Å². The van der Waals surface area contributed by atoms with Crippen molar-refractivity contribution in [3.05, 3.63) is 46.2 Å². The molecule has 0 unspecified atom stereocenters. The number of methoxy groups -OCH3 is 1. The van der Waals surface area contributed by atoms with Gasteiger partial charge in [-0.15, -0.1) is 18.3 Å². The molecule has 164 valence electrons. The fourth-order valence-corrected chi connectivity index (χ4v) is 3.74. The molecule has 0 aliphatic carbocycles. The number of imidazole rings is 1. The highest BCUT2D eigenvalue weighted by molar-refractivity contribution is 5.85. The summed E-state index contributed by atoms with van der Waals surface area (Å²) in [6, 6.07) is 10.3. The minimum Gasteiger partial charge on any atom is -0.468 e. The molecule has 0 amide bonds. The van der Waals surface area contributed by atoms with Crippen LogP contribution in [0.4, 0.5) is 5.95 Å². The van der Waals surface area contributed by atoms with E-state index in [-0.39, 0.29) is 24.0 Å². The first-order valence-corrected chi connectivity index (χ1v) is 10.2. The first kappa shape index (κ1) is 22.7. The molecule has 3 aromatic rings. The second-order valence-electron chi connectivity index (χ2n) is 7.12. The second-order valence-corrected chi connectivity index (χ2v) is 7.12. The number of fused-ring (bicyclic) bond motifs is 1. The highest BCUT2D eigenvalue weighted by Crippen LogP contribution is 2.22. The number of rotatable bonds is 6. The fourth-order valence-electron chi connectivity index (χ4n) is 3.74. The van der Waals surface area contributed by atoms with Crippen LogP contribution in [0.5, 0.6) is 6.01 Å². The van der Waals surface area contributed by atoms with Crippen LogP contribution in [0.2, 0.25) is 0 Å². The number of benzene rings is 1. The Morgan fingerprint density at radius 1 is 1.13 bits per heavy atom. The van der Waals surface area contributed by atoms with E-state index in [1.165, 1.54) is 7.11 Å². The summed E-state index contributed by atoms with van der Waals surface area (Å²) >= 11 is 0. The summed E-state index contributed by atoms with van der Waals surface area (Å²) in [6.07, 6.45) is 0.706. The predicted octanol–water partition coefficient (Wildman–Crippen LogP) is 1.70. The van der Waals surface area contributed by atoms with Gasteiger partial charge in [-0.2, -0.15) is 9.97 Å². The summed E-state index contributed by atoms with van der Waals surface area (Å²) in [5, 5.41) is 3.34. The van der Waals surface area contributed by atoms with Crippen molar-refractivity contribution in [1.29, 1.82) is 0 Å². The molecule has 1 fully saturated rings. The average molecular weight is 443 g/mol. The Hall–Kier alpha value is -3.02. The van der Waals surface area contributed by atoms with Gasteiger partial charge in [-0.25, -0.2) is 0 Å². The molecule has 8 nitrogen and oxygen atoms in total. The molecule has 3 heterocycles. The van der Waals surface area contributed by atoms with Gasteiger partial charge in [-0.05, 0) is 18.9 Å². The third kappa shape index (κ3) is 4.68. The maximum atomic E-state index is 13.5. The van der Waals surface area contributed by atoms with E-state index in [2.05, 4.69) is 27.0 Å². The second kappa shape index (κ2) is 10.3. The van der Waals surface area contributed by atoms with Crippen molar-refractivity contribution in [1.82, 2.24) is 24.4 Å². The largest absolute Gasteiger partial charge is 0.468 e. The van der Waals surface area contributed by atoms with Crippen molar-refractivity contribution in [2.75, 3.05) is 38.2 Å². The smallest absolute Gasteiger partial charge is 0.301 e. The summed E-state index contributed by atoms with van der Waals surface area (Å²) in [6.45, 7) is 6.06. The van der Waals surface area contributed by atoms with E-state index in [9.17, 15) is 4.79 Å². The Balaban J connectivity index is 0.00000272. The van der Waals surface area contributed by atoms with E-state index >= 15 is 0 Å². The minimum absolute atomic E-state index is 0. The molecule has 1 aromatic carbocycles. The van der Waals surface area contributed by atoms with Crippen molar-refractivity contribution in [3.8, 4) is 17.9 Å². The van der Waals surface area contributed by atoms with Crippen LogP contribution in [-0.4, -0.2) is 52.4 Å². The van der Waals surface area contributed by atoms with E-state index in [1.807, 2.05) is 34.9 Å². The molecular formula is C22H27ClN6O2. The molecule has 1 saturated heterocycles. The van der Waals surface area contributed by atoms with Crippen LogP contribution < -0.4 is 20.5 Å². The standard InChI is InChI=1S/C22H26N6O2.ClH/c1-3-4-13-27-18-19(24-21(27)26-15-11-23-12-16-26)25-22(30-2)28(20(18)29)14-10-17-8-6-5-7-9-17;/h5-9,23H,10-16H2,1-2H3;1H. The molecule has 4 rings (SSSR count). The lowest BCUT2D eigenvalue weighted by molar-refractivity contribution is 0.348. The van der Waals surface area contributed by atoms with Crippen molar-refractivity contribution < 1.29 is 4.74 Å². The quantitative estimate of drug-likeness (QED) is 0.585. The summed E-state index contributed by atoms with van der Waals surface area (Å²) in [4.78, 5) is 25.0. The number of hydrogen-bond donors (Lipinski definition) is 1. The first-order chi connectivity index (χ1) is 14.7. The van der Waals surface area contributed by atoms with Gasteiger partial charge in [0.2, 0.25) is 5.95 Å². The zero-order valence-corrected chi connectivity index (χ0v) is 18.6. The van der Waals surface area contributed by atoms with E-state index < -0.39 is 0 Å². The van der Waals surface area contributed by atoms with Crippen LogP contribution in [-0.2, 0) is 19.5 Å². The molecule has 9 heteroatoms. The Morgan fingerprint density at radius 2 is 1.87 bits per heavy atom.